The number of benzene rings is 1. The Morgan fingerprint density at radius 2 is 2.09 bits per heavy atom. The van der Waals surface area contributed by atoms with Gasteiger partial charge in [-0.3, -0.25) is 10.1 Å². The van der Waals surface area contributed by atoms with Crippen LogP contribution in [0.15, 0.2) is 65.9 Å². The predicted molar refractivity (Wildman–Crippen MR) is 133 cm³/mol. The number of allylic oxidation sites excluding steroid dienone is 3. The molecule has 0 fully saturated rings. The van der Waals surface area contributed by atoms with Crippen molar-refractivity contribution in [3.05, 3.63) is 76.6 Å². The third kappa shape index (κ3) is 11.3. The van der Waals surface area contributed by atoms with Crippen molar-refractivity contribution in [1.29, 1.82) is 0 Å². The van der Waals surface area contributed by atoms with Crippen LogP contribution in [0.5, 0.6) is 0 Å². The van der Waals surface area contributed by atoms with Crippen LogP contribution < -0.4 is 5.32 Å². The molecule has 9 heteroatoms. The molecule has 1 aromatic carbocycles. The number of carbonyl (C=O) groups excluding carboxylic acids is 1. The first-order valence-corrected chi connectivity index (χ1v) is 11.1. The lowest BCUT2D eigenvalue weighted by molar-refractivity contribution is -0.384. The highest BCUT2D eigenvalue weighted by Crippen LogP contribution is 2.26. The maximum absolute atomic E-state index is 12.2. The molecule has 0 bridgehead atoms. The van der Waals surface area contributed by atoms with Crippen molar-refractivity contribution in [2.45, 2.75) is 58.6 Å². The summed E-state index contributed by atoms with van der Waals surface area (Å²) in [6.07, 6.45) is 8.60. The number of unbranched alkanes of at least 4 members (excludes halogenated alkanes) is 1. The fourth-order valence-corrected chi connectivity index (χ4v) is 2.69. The summed E-state index contributed by atoms with van der Waals surface area (Å²) in [6.45, 7) is 11.6. The lowest BCUT2D eigenvalue weighted by Crippen LogP contribution is -2.37. The van der Waals surface area contributed by atoms with Gasteiger partial charge in [0.15, 0.2) is 0 Å². The summed E-state index contributed by atoms with van der Waals surface area (Å²) in [5.41, 5.74) is -0.173. The third-order valence-electron chi connectivity index (χ3n) is 4.23. The minimum absolute atomic E-state index is 0.0594. The molecular formula is C25H35N3O6. The number of amides is 1. The van der Waals surface area contributed by atoms with Gasteiger partial charge in [0.1, 0.15) is 11.4 Å². The normalized spacial score (nSPS) is 13.3. The zero-order valence-electron chi connectivity index (χ0n) is 20.6. The maximum atomic E-state index is 12.2. The van der Waals surface area contributed by atoms with Gasteiger partial charge in [-0.1, -0.05) is 44.2 Å². The van der Waals surface area contributed by atoms with Crippen LogP contribution >= 0.6 is 0 Å². The van der Waals surface area contributed by atoms with E-state index < -0.39 is 22.7 Å². The highest BCUT2D eigenvalue weighted by Gasteiger charge is 2.20. The number of rotatable bonds is 11. The number of carbonyl (C=O) groups is 1. The first-order valence-electron chi connectivity index (χ1n) is 11.1. The van der Waals surface area contributed by atoms with Crippen LogP contribution in [-0.2, 0) is 14.2 Å². The van der Waals surface area contributed by atoms with Gasteiger partial charge >= 0.3 is 6.09 Å². The fourth-order valence-electron chi connectivity index (χ4n) is 2.69. The minimum Gasteiger partial charge on any atom is -0.494 e. The summed E-state index contributed by atoms with van der Waals surface area (Å²) < 4.78 is 16.2. The summed E-state index contributed by atoms with van der Waals surface area (Å²) in [5, 5.41) is 13.7. The van der Waals surface area contributed by atoms with Crippen molar-refractivity contribution < 1.29 is 23.9 Å². The molecule has 0 aliphatic carbocycles. The molecule has 1 aromatic rings. The van der Waals surface area contributed by atoms with Crippen LogP contribution in [-0.4, -0.2) is 36.4 Å². The largest absolute Gasteiger partial charge is 0.494 e. The average Bonchev–Trinajstić information content (AvgIpc) is 2.76. The van der Waals surface area contributed by atoms with E-state index in [2.05, 4.69) is 23.8 Å². The first-order chi connectivity index (χ1) is 16.1. The number of ether oxygens (including phenoxy) is 3. The summed E-state index contributed by atoms with van der Waals surface area (Å²) in [7, 11) is 1.36. The SMILES string of the molecule is C=C/C=C(\C=C/CC(N=C(NC(=O)OC(C)(C)C)OC)c1cccc([N+](=O)[O-])c1)OCCCC. The summed E-state index contributed by atoms with van der Waals surface area (Å²) in [6, 6.07) is 5.52. The topological polar surface area (TPSA) is 112 Å². The predicted octanol–water partition coefficient (Wildman–Crippen LogP) is 6.00. The molecule has 0 spiro atoms. The maximum Gasteiger partial charge on any atom is 0.415 e. The molecule has 0 saturated heterocycles. The number of amidine groups is 1. The Hall–Kier alpha value is -3.62. The lowest BCUT2D eigenvalue weighted by Gasteiger charge is -2.20. The number of nitro groups is 1. The van der Waals surface area contributed by atoms with Gasteiger partial charge in [0.2, 0.25) is 0 Å². The molecule has 0 aromatic heterocycles. The Bertz CT molecular complexity index is 915. The molecule has 0 saturated carbocycles. The molecule has 0 aliphatic heterocycles. The molecule has 0 radical (unpaired) electrons. The van der Waals surface area contributed by atoms with E-state index in [0.29, 0.717) is 24.4 Å². The number of aliphatic imine (C=N–C) groups is 1. The molecule has 0 aliphatic rings. The number of alkyl carbamates (subject to hydrolysis) is 1. The highest BCUT2D eigenvalue weighted by atomic mass is 16.6. The molecule has 1 N–H and O–H groups in total. The van der Waals surface area contributed by atoms with E-state index in [9.17, 15) is 14.9 Å². The van der Waals surface area contributed by atoms with E-state index in [0.717, 1.165) is 12.8 Å². The quantitative estimate of drug-likeness (QED) is 0.0803. The van der Waals surface area contributed by atoms with Crippen LogP contribution in [0.1, 0.15) is 58.6 Å². The van der Waals surface area contributed by atoms with Crippen molar-refractivity contribution in [1.82, 2.24) is 5.32 Å². The van der Waals surface area contributed by atoms with Crippen LogP contribution in [0.4, 0.5) is 10.5 Å². The van der Waals surface area contributed by atoms with Gasteiger partial charge in [-0.15, -0.1) is 0 Å². The van der Waals surface area contributed by atoms with E-state index in [-0.39, 0.29) is 11.7 Å². The highest BCUT2D eigenvalue weighted by molar-refractivity contribution is 5.90. The van der Waals surface area contributed by atoms with Gasteiger partial charge in [-0.25, -0.2) is 15.1 Å². The molecule has 34 heavy (non-hydrogen) atoms. The number of hydrogen-bond acceptors (Lipinski definition) is 7. The van der Waals surface area contributed by atoms with Gasteiger partial charge in [0.25, 0.3) is 11.7 Å². The van der Waals surface area contributed by atoms with E-state index >= 15 is 0 Å². The van der Waals surface area contributed by atoms with E-state index in [1.54, 1.807) is 51.1 Å². The van der Waals surface area contributed by atoms with E-state index in [1.807, 2.05) is 6.08 Å². The number of nitrogens with zero attached hydrogens (tertiary/aromatic N) is 2. The number of methoxy groups -OCH3 is 1. The molecule has 1 atom stereocenters. The Morgan fingerprint density at radius 3 is 2.68 bits per heavy atom. The molecule has 1 rings (SSSR count). The van der Waals surface area contributed by atoms with Gasteiger partial charge in [-0.05, 0) is 51.3 Å². The Morgan fingerprint density at radius 1 is 1.35 bits per heavy atom. The smallest absolute Gasteiger partial charge is 0.415 e. The third-order valence-corrected chi connectivity index (χ3v) is 4.23. The molecule has 1 amide bonds. The van der Waals surface area contributed by atoms with E-state index in [4.69, 9.17) is 14.2 Å². The van der Waals surface area contributed by atoms with Crippen molar-refractivity contribution in [3.8, 4) is 0 Å². The first kappa shape index (κ1) is 28.4. The van der Waals surface area contributed by atoms with Crippen LogP contribution in [0, 0.1) is 10.1 Å². The van der Waals surface area contributed by atoms with Crippen molar-refractivity contribution in [3.63, 3.8) is 0 Å². The number of hydrogen-bond donors (Lipinski definition) is 1. The van der Waals surface area contributed by atoms with E-state index in [1.165, 1.54) is 19.2 Å². The van der Waals surface area contributed by atoms with Crippen molar-refractivity contribution >= 4 is 17.8 Å². The minimum atomic E-state index is -0.720. The Balaban J connectivity index is 3.19. The molecular weight excluding hydrogens is 438 g/mol. The van der Waals surface area contributed by atoms with Gasteiger partial charge in [0, 0.05) is 12.1 Å². The van der Waals surface area contributed by atoms with Gasteiger partial charge in [0.05, 0.1) is 24.7 Å². The molecule has 186 valence electrons. The zero-order valence-corrected chi connectivity index (χ0v) is 20.6. The zero-order chi connectivity index (χ0) is 25.6. The number of nitrogens with one attached hydrogen (secondary N) is 1. The molecule has 1 unspecified atom stereocenters. The van der Waals surface area contributed by atoms with Gasteiger partial charge < -0.3 is 14.2 Å². The number of non-ortho nitro benzene ring substituents is 1. The molecule has 0 heterocycles. The second-order valence-corrected chi connectivity index (χ2v) is 8.28. The monoisotopic (exact) mass is 473 g/mol. The summed E-state index contributed by atoms with van der Waals surface area (Å²) >= 11 is 0. The van der Waals surface area contributed by atoms with Crippen LogP contribution in [0.25, 0.3) is 0 Å². The Labute approximate surface area is 201 Å². The molecule has 9 nitrogen and oxygen atoms in total. The lowest BCUT2D eigenvalue weighted by atomic mass is 10.0. The summed E-state index contributed by atoms with van der Waals surface area (Å²) in [4.78, 5) is 27.4. The second-order valence-electron chi connectivity index (χ2n) is 8.28. The van der Waals surface area contributed by atoms with Crippen molar-refractivity contribution in [2.24, 2.45) is 4.99 Å². The van der Waals surface area contributed by atoms with Crippen molar-refractivity contribution in [2.75, 3.05) is 13.7 Å². The average molecular weight is 474 g/mol. The number of nitro benzene ring substituents is 1. The van der Waals surface area contributed by atoms with Crippen LogP contribution in [0.3, 0.4) is 0 Å². The second kappa shape index (κ2) is 14.5. The summed E-state index contributed by atoms with van der Waals surface area (Å²) in [5.74, 6) is 0.643. The fraction of sp³-hybridized carbons (Fsp3) is 0.440. The van der Waals surface area contributed by atoms with Gasteiger partial charge in [-0.2, -0.15) is 0 Å². The van der Waals surface area contributed by atoms with Crippen LogP contribution in [0.2, 0.25) is 0 Å². The Kier molecular flexibility index (Phi) is 12.1. The standard InChI is InChI=1S/C25H35N3O6/c1-7-9-17-33-21(12-8-2)15-11-16-22(19-13-10-14-20(18-19)28(30)31)26-23(32-6)27-24(29)34-25(3,4)5/h8,10-15,18,22H,2,7,9,16-17H2,1,3-6H3,(H,26,27,29)/b15-11-,21-12+.